The third kappa shape index (κ3) is 7.25. The van der Waals surface area contributed by atoms with Crippen LogP contribution >= 0.6 is 23.2 Å². The fourth-order valence-electron chi connectivity index (χ4n) is 3.09. The molecule has 0 saturated carbocycles. The molecule has 0 spiro atoms. The van der Waals surface area contributed by atoms with Crippen molar-refractivity contribution in [1.82, 2.24) is 0 Å². The average Bonchev–Trinajstić information content (AvgIpc) is 2.66. The van der Waals surface area contributed by atoms with Gasteiger partial charge in [0.25, 0.3) is 0 Å². The number of rotatable bonds is 7. The maximum absolute atomic E-state index is 11.8. The summed E-state index contributed by atoms with van der Waals surface area (Å²) >= 11 is 12.0. The maximum atomic E-state index is 11.8. The maximum Gasteiger partial charge on any atom is 0.303 e. The minimum Gasteiger partial charge on any atom is -0.463 e. The first-order valence-corrected chi connectivity index (χ1v) is 10.3. The lowest BCUT2D eigenvalue weighted by Gasteiger charge is -2.44. The van der Waals surface area contributed by atoms with Crippen LogP contribution in [0.25, 0.3) is 0 Å². The Hall–Kier alpha value is -2.56. The van der Waals surface area contributed by atoms with Gasteiger partial charge in [0.15, 0.2) is 24.5 Å². The first kappa shape index (κ1) is 25.7. The van der Waals surface area contributed by atoms with Crippen LogP contribution in [0.3, 0.4) is 0 Å². The van der Waals surface area contributed by atoms with Crippen LogP contribution in [0.4, 0.5) is 5.69 Å². The SMILES string of the molecule is CC(=O)OCC1OC(Nc2ccc(Cl)c(Cl)c2)C(OC(C)=O)C(OC(C)=O)C1OC(C)=O. The van der Waals surface area contributed by atoms with E-state index in [4.69, 9.17) is 46.9 Å². The van der Waals surface area contributed by atoms with Crippen LogP contribution in [0, 0.1) is 0 Å². The van der Waals surface area contributed by atoms with Gasteiger partial charge >= 0.3 is 23.9 Å². The summed E-state index contributed by atoms with van der Waals surface area (Å²) in [5.41, 5.74) is 0.445. The average molecular weight is 492 g/mol. The fraction of sp³-hybridized carbons (Fsp3) is 0.500. The number of nitrogens with one attached hydrogen (secondary N) is 1. The number of ether oxygens (including phenoxy) is 5. The Bertz CT molecular complexity index is 879. The summed E-state index contributed by atoms with van der Waals surface area (Å²) in [4.78, 5) is 46.7. The van der Waals surface area contributed by atoms with Gasteiger partial charge < -0.3 is 29.0 Å². The molecule has 1 aliphatic heterocycles. The molecule has 1 fully saturated rings. The Kier molecular flexibility index (Phi) is 9.11. The topological polar surface area (TPSA) is 126 Å². The van der Waals surface area contributed by atoms with E-state index in [-0.39, 0.29) is 11.6 Å². The second-order valence-electron chi connectivity index (χ2n) is 6.89. The van der Waals surface area contributed by atoms with Gasteiger partial charge in [-0.1, -0.05) is 23.2 Å². The molecule has 1 aromatic rings. The Morgan fingerprint density at radius 1 is 0.844 bits per heavy atom. The van der Waals surface area contributed by atoms with Crippen molar-refractivity contribution in [3.05, 3.63) is 28.2 Å². The van der Waals surface area contributed by atoms with Crippen LogP contribution < -0.4 is 5.32 Å². The molecule has 5 atom stereocenters. The van der Waals surface area contributed by atoms with Gasteiger partial charge in [-0.15, -0.1) is 0 Å². The lowest BCUT2D eigenvalue weighted by Crippen LogP contribution is -2.64. The summed E-state index contributed by atoms with van der Waals surface area (Å²) in [5, 5.41) is 3.55. The van der Waals surface area contributed by atoms with Gasteiger partial charge in [-0.05, 0) is 18.2 Å². The van der Waals surface area contributed by atoms with E-state index in [2.05, 4.69) is 5.32 Å². The van der Waals surface area contributed by atoms with E-state index < -0.39 is 54.5 Å². The second-order valence-corrected chi connectivity index (χ2v) is 7.71. The molecule has 10 nitrogen and oxygen atoms in total. The molecular weight excluding hydrogens is 469 g/mol. The summed E-state index contributed by atoms with van der Waals surface area (Å²) in [7, 11) is 0. The van der Waals surface area contributed by atoms with Crippen molar-refractivity contribution >= 4 is 52.8 Å². The highest BCUT2D eigenvalue weighted by Gasteiger charge is 2.52. The molecule has 5 unspecified atom stereocenters. The van der Waals surface area contributed by atoms with E-state index in [1.54, 1.807) is 6.07 Å². The highest BCUT2D eigenvalue weighted by Crippen LogP contribution is 2.31. The van der Waals surface area contributed by atoms with Gasteiger partial charge in [-0.3, -0.25) is 19.2 Å². The van der Waals surface area contributed by atoms with Crippen LogP contribution in [0.5, 0.6) is 0 Å². The van der Waals surface area contributed by atoms with Crippen LogP contribution in [0.1, 0.15) is 27.7 Å². The van der Waals surface area contributed by atoms with E-state index >= 15 is 0 Å². The number of carbonyl (C=O) groups excluding carboxylic acids is 4. The quantitative estimate of drug-likeness (QED) is 0.448. The molecule has 32 heavy (non-hydrogen) atoms. The standard InChI is InChI=1S/C20H23Cl2NO9/c1-9(24)28-8-16-17(29-10(2)25)18(30-11(3)26)19(31-12(4)27)20(32-16)23-13-5-6-14(21)15(22)7-13/h5-7,16-20,23H,8H2,1-4H3. The van der Waals surface area contributed by atoms with Gasteiger partial charge in [-0.25, -0.2) is 0 Å². The summed E-state index contributed by atoms with van der Waals surface area (Å²) in [6.45, 7) is 4.33. The largest absolute Gasteiger partial charge is 0.463 e. The Morgan fingerprint density at radius 2 is 1.41 bits per heavy atom. The molecule has 1 aromatic carbocycles. The third-order valence-electron chi connectivity index (χ3n) is 4.22. The van der Waals surface area contributed by atoms with E-state index in [0.717, 1.165) is 20.8 Å². The van der Waals surface area contributed by atoms with Crippen molar-refractivity contribution in [2.75, 3.05) is 11.9 Å². The minimum absolute atomic E-state index is 0.252. The zero-order chi connectivity index (χ0) is 24.0. The summed E-state index contributed by atoms with van der Waals surface area (Å²) < 4.78 is 27.0. The number of anilines is 1. The molecule has 0 amide bonds. The zero-order valence-electron chi connectivity index (χ0n) is 17.8. The van der Waals surface area contributed by atoms with Crippen molar-refractivity contribution in [3.8, 4) is 0 Å². The Balaban J connectivity index is 2.46. The van der Waals surface area contributed by atoms with Crippen LogP contribution in [-0.2, 0) is 42.9 Å². The van der Waals surface area contributed by atoms with Crippen molar-refractivity contribution in [1.29, 1.82) is 0 Å². The molecule has 1 heterocycles. The highest BCUT2D eigenvalue weighted by molar-refractivity contribution is 6.42. The molecule has 0 aromatic heterocycles. The highest BCUT2D eigenvalue weighted by atomic mass is 35.5. The lowest BCUT2D eigenvalue weighted by molar-refractivity contribution is -0.247. The number of hydrogen-bond acceptors (Lipinski definition) is 10. The minimum atomic E-state index is -1.27. The zero-order valence-corrected chi connectivity index (χ0v) is 19.3. The molecule has 0 bridgehead atoms. The van der Waals surface area contributed by atoms with Crippen LogP contribution in [-0.4, -0.2) is 61.1 Å². The summed E-state index contributed by atoms with van der Waals surface area (Å²) in [6.07, 6.45) is -5.89. The first-order chi connectivity index (χ1) is 15.0. The van der Waals surface area contributed by atoms with Gasteiger partial charge in [0.05, 0.1) is 10.0 Å². The predicted molar refractivity (Wildman–Crippen MR) is 112 cm³/mol. The normalized spacial score (nSPS) is 24.8. The van der Waals surface area contributed by atoms with E-state index in [0.29, 0.717) is 10.7 Å². The molecule has 176 valence electrons. The van der Waals surface area contributed by atoms with Crippen molar-refractivity contribution in [2.45, 2.75) is 58.3 Å². The van der Waals surface area contributed by atoms with Crippen molar-refractivity contribution < 1.29 is 42.9 Å². The number of carbonyl (C=O) groups is 4. The van der Waals surface area contributed by atoms with Crippen molar-refractivity contribution in [3.63, 3.8) is 0 Å². The third-order valence-corrected chi connectivity index (χ3v) is 4.96. The molecule has 1 saturated heterocycles. The molecule has 0 radical (unpaired) electrons. The first-order valence-electron chi connectivity index (χ1n) is 9.50. The Labute approximate surface area is 194 Å². The molecule has 0 aliphatic carbocycles. The van der Waals surface area contributed by atoms with Gasteiger partial charge in [0, 0.05) is 33.4 Å². The number of benzene rings is 1. The van der Waals surface area contributed by atoms with E-state index in [1.165, 1.54) is 19.1 Å². The molecule has 12 heteroatoms. The smallest absolute Gasteiger partial charge is 0.303 e. The summed E-state index contributed by atoms with van der Waals surface area (Å²) in [6, 6.07) is 4.65. The summed E-state index contributed by atoms with van der Waals surface area (Å²) in [5.74, 6) is -2.72. The van der Waals surface area contributed by atoms with Gasteiger partial charge in [0.1, 0.15) is 12.7 Å². The van der Waals surface area contributed by atoms with Crippen LogP contribution in [0.15, 0.2) is 18.2 Å². The van der Waals surface area contributed by atoms with Gasteiger partial charge in [-0.2, -0.15) is 0 Å². The molecule has 1 N–H and O–H groups in total. The Morgan fingerprint density at radius 3 is 1.94 bits per heavy atom. The van der Waals surface area contributed by atoms with Crippen molar-refractivity contribution in [2.24, 2.45) is 0 Å². The lowest BCUT2D eigenvalue weighted by atomic mass is 9.97. The van der Waals surface area contributed by atoms with E-state index in [9.17, 15) is 19.2 Å². The fourth-order valence-corrected chi connectivity index (χ4v) is 3.39. The molecule has 2 rings (SSSR count). The molecular formula is C20H23Cl2NO9. The number of esters is 4. The number of halogens is 2. The predicted octanol–water partition coefficient (Wildman–Crippen LogP) is 2.49. The monoisotopic (exact) mass is 491 g/mol. The second kappa shape index (κ2) is 11.3. The number of hydrogen-bond donors (Lipinski definition) is 1. The molecule has 1 aliphatic rings. The van der Waals surface area contributed by atoms with Gasteiger partial charge in [0.2, 0.25) is 0 Å². The van der Waals surface area contributed by atoms with E-state index in [1.807, 2.05) is 0 Å². The van der Waals surface area contributed by atoms with Crippen LogP contribution in [0.2, 0.25) is 10.0 Å².